The van der Waals surface area contributed by atoms with Crippen LogP contribution in [0.15, 0.2) is 5.16 Å². The van der Waals surface area contributed by atoms with Gasteiger partial charge in [-0.05, 0) is 27.8 Å². The third-order valence-corrected chi connectivity index (χ3v) is 3.60. The summed E-state index contributed by atoms with van der Waals surface area (Å²) in [6, 6.07) is 0.455. The van der Waals surface area contributed by atoms with Crippen LogP contribution in [-0.2, 0) is 4.74 Å². The van der Waals surface area contributed by atoms with Crippen LogP contribution in [0.5, 0.6) is 0 Å². The maximum atomic E-state index is 8.67. The third kappa shape index (κ3) is 4.12. The summed E-state index contributed by atoms with van der Waals surface area (Å²) < 4.78 is 5.77. The molecule has 0 aromatic carbocycles. The Morgan fingerprint density at radius 2 is 2.22 bits per heavy atom. The zero-order chi connectivity index (χ0) is 13.7. The van der Waals surface area contributed by atoms with Crippen LogP contribution in [0.2, 0.25) is 0 Å². The molecule has 0 radical (unpaired) electrons. The molecular formula is C12H26N4O2. The Balaban J connectivity index is 2.46. The van der Waals surface area contributed by atoms with Gasteiger partial charge in [0.25, 0.3) is 0 Å². The van der Waals surface area contributed by atoms with Crippen molar-refractivity contribution in [2.45, 2.75) is 39.0 Å². The Morgan fingerprint density at radius 1 is 1.56 bits per heavy atom. The summed E-state index contributed by atoms with van der Waals surface area (Å²) in [5, 5.41) is 11.7. The van der Waals surface area contributed by atoms with E-state index in [2.05, 4.69) is 23.9 Å². The van der Waals surface area contributed by atoms with Gasteiger partial charge >= 0.3 is 0 Å². The van der Waals surface area contributed by atoms with Crippen molar-refractivity contribution >= 4 is 5.84 Å². The molecule has 1 saturated heterocycles. The first-order valence-corrected chi connectivity index (χ1v) is 6.49. The van der Waals surface area contributed by atoms with Crippen molar-refractivity contribution in [1.29, 1.82) is 0 Å². The smallest absolute Gasteiger partial charge is 0.156 e. The maximum Gasteiger partial charge on any atom is 0.156 e. The van der Waals surface area contributed by atoms with E-state index in [0.29, 0.717) is 6.04 Å². The molecule has 1 aliphatic heterocycles. The number of hydrogen-bond acceptors (Lipinski definition) is 5. The van der Waals surface area contributed by atoms with E-state index in [1.807, 2.05) is 18.9 Å². The summed E-state index contributed by atoms with van der Waals surface area (Å²) in [6.45, 7) is 9.79. The topological polar surface area (TPSA) is 74.3 Å². The second kappa shape index (κ2) is 6.92. The molecule has 106 valence electrons. The largest absolute Gasteiger partial charge is 0.409 e. The molecule has 0 amide bonds. The van der Waals surface area contributed by atoms with E-state index < -0.39 is 0 Å². The second-order valence-corrected chi connectivity index (χ2v) is 5.22. The highest BCUT2D eigenvalue weighted by Gasteiger charge is 2.25. The van der Waals surface area contributed by atoms with Crippen molar-refractivity contribution in [3.05, 3.63) is 0 Å². The monoisotopic (exact) mass is 258 g/mol. The molecule has 6 heteroatoms. The minimum atomic E-state index is -0.0898. The fraction of sp³-hybridized carbons (Fsp3) is 0.917. The van der Waals surface area contributed by atoms with Crippen LogP contribution >= 0.6 is 0 Å². The minimum Gasteiger partial charge on any atom is -0.409 e. The van der Waals surface area contributed by atoms with Crippen molar-refractivity contribution in [2.75, 3.05) is 33.3 Å². The number of morpholine rings is 1. The van der Waals surface area contributed by atoms with Gasteiger partial charge in [-0.3, -0.25) is 9.80 Å². The normalized spacial score (nSPS) is 24.8. The predicted molar refractivity (Wildman–Crippen MR) is 71.9 cm³/mol. The average Bonchev–Trinajstić information content (AvgIpc) is 2.37. The standard InChI is InChI=1S/C12H26N4O2/c1-9(2)16-5-6-18-11(8-16)7-15(4)10(3)12(13)14-17/h9-11,17H,5-8H2,1-4H3,(H2,13,14). The summed E-state index contributed by atoms with van der Waals surface area (Å²) in [5.74, 6) is 0.231. The quantitative estimate of drug-likeness (QED) is 0.318. The first-order valence-electron chi connectivity index (χ1n) is 6.49. The molecule has 0 spiro atoms. The molecule has 1 aliphatic rings. The van der Waals surface area contributed by atoms with Crippen LogP contribution in [0.25, 0.3) is 0 Å². The van der Waals surface area contributed by atoms with Gasteiger partial charge in [-0.25, -0.2) is 0 Å². The van der Waals surface area contributed by atoms with Crippen molar-refractivity contribution in [3.8, 4) is 0 Å². The van der Waals surface area contributed by atoms with E-state index >= 15 is 0 Å². The Hall–Kier alpha value is -0.850. The lowest BCUT2D eigenvalue weighted by molar-refractivity contribution is -0.0508. The Morgan fingerprint density at radius 3 is 2.78 bits per heavy atom. The highest BCUT2D eigenvalue weighted by atomic mass is 16.5. The fourth-order valence-electron chi connectivity index (χ4n) is 2.11. The molecule has 1 fully saturated rings. The number of ether oxygens (including phenoxy) is 1. The lowest BCUT2D eigenvalue weighted by Crippen LogP contribution is -2.51. The molecule has 6 nitrogen and oxygen atoms in total. The molecule has 2 atom stereocenters. The Labute approximate surface area is 109 Å². The average molecular weight is 258 g/mol. The number of nitrogens with zero attached hydrogens (tertiary/aromatic N) is 3. The first kappa shape index (κ1) is 15.2. The van der Waals surface area contributed by atoms with Crippen molar-refractivity contribution in [2.24, 2.45) is 10.9 Å². The van der Waals surface area contributed by atoms with Crippen molar-refractivity contribution in [3.63, 3.8) is 0 Å². The molecule has 3 N–H and O–H groups in total. The number of likely N-dealkylation sites (N-methyl/N-ethyl adjacent to an activating group) is 1. The Kier molecular flexibility index (Phi) is 5.84. The molecule has 0 aromatic heterocycles. The van der Waals surface area contributed by atoms with Crippen LogP contribution in [0, 0.1) is 0 Å². The first-order chi connectivity index (χ1) is 8.45. The number of hydrogen-bond donors (Lipinski definition) is 2. The Bertz CT molecular complexity index is 283. The van der Waals surface area contributed by atoms with Gasteiger partial charge < -0.3 is 15.7 Å². The van der Waals surface area contributed by atoms with Crippen LogP contribution in [0.4, 0.5) is 0 Å². The number of rotatable bonds is 5. The lowest BCUT2D eigenvalue weighted by Gasteiger charge is -2.37. The van der Waals surface area contributed by atoms with Gasteiger partial charge in [0.05, 0.1) is 18.8 Å². The number of amidine groups is 1. The highest BCUT2D eigenvalue weighted by Crippen LogP contribution is 2.10. The number of nitrogens with two attached hydrogens (primary N) is 1. The minimum absolute atomic E-state index is 0.0898. The SMILES string of the molecule is CC(C(N)=NO)N(C)CC1CN(C(C)C)CCO1. The van der Waals surface area contributed by atoms with Gasteiger partial charge in [-0.2, -0.15) is 0 Å². The van der Waals surface area contributed by atoms with Crippen LogP contribution in [-0.4, -0.2) is 72.3 Å². The molecule has 2 unspecified atom stereocenters. The van der Waals surface area contributed by atoms with E-state index in [9.17, 15) is 0 Å². The molecule has 1 heterocycles. The van der Waals surface area contributed by atoms with E-state index in [4.69, 9.17) is 15.7 Å². The van der Waals surface area contributed by atoms with Gasteiger partial charge in [0.15, 0.2) is 5.84 Å². The summed E-state index contributed by atoms with van der Waals surface area (Å²) >= 11 is 0. The van der Waals surface area contributed by atoms with Crippen molar-refractivity contribution < 1.29 is 9.94 Å². The lowest BCUT2D eigenvalue weighted by atomic mass is 10.2. The second-order valence-electron chi connectivity index (χ2n) is 5.22. The van der Waals surface area contributed by atoms with E-state index in [0.717, 1.165) is 26.2 Å². The fourth-order valence-corrected chi connectivity index (χ4v) is 2.11. The molecule has 18 heavy (non-hydrogen) atoms. The van der Waals surface area contributed by atoms with E-state index in [1.54, 1.807) is 0 Å². The summed E-state index contributed by atoms with van der Waals surface area (Å²) in [5.41, 5.74) is 5.61. The summed E-state index contributed by atoms with van der Waals surface area (Å²) in [6.07, 6.45) is 0.181. The van der Waals surface area contributed by atoms with Gasteiger partial charge in [-0.15, -0.1) is 0 Å². The molecule has 1 rings (SSSR count). The van der Waals surface area contributed by atoms with Crippen molar-refractivity contribution in [1.82, 2.24) is 9.80 Å². The van der Waals surface area contributed by atoms with Crippen LogP contribution in [0.1, 0.15) is 20.8 Å². The zero-order valence-electron chi connectivity index (χ0n) is 11.8. The van der Waals surface area contributed by atoms with Crippen LogP contribution < -0.4 is 5.73 Å². The molecule has 0 aromatic rings. The summed E-state index contributed by atoms with van der Waals surface area (Å²) in [7, 11) is 1.96. The van der Waals surface area contributed by atoms with Gasteiger partial charge in [0.2, 0.25) is 0 Å². The van der Waals surface area contributed by atoms with E-state index in [-0.39, 0.29) is 18.0 Å². The van der Waals surface area contributed by atoms with Gasteiger partial charge in [0.1, 0.15) is 0 Å². The van der Waals surface area contributed by atoms with Crippen LogP contribution in [0.3, 0.4) is 0 Å². The van der Waals surface area contributed by atoms with Gasteiger partial charge in [-0.1, -0.05) is 5.16 Å². The molecule has 0 aliphatic carbocycles. The highest BCUT2D eigenvalue weighted by molar-refractivity contribution is 5.84. The maximum absolute atomic E-state index is 8.67. The third-order valence-electron chi connectivity index (χ3n) is 3.60. The predicted octanol–water partition coefficient (Wildman–Crippen LogP) is 0.162. The summed E-state index contributed by atoms with van der Waals surface area (Å²) in [4.78, 5) is 4.46. The van der Waals surface area contributed by atoms with Gasteiger partial charge in [0, 0.05) is 25.7 Å². The molecular weight excluding hydrogens is 232 g/mol. The number of oxime groups is 1. The molecule has 0 saturated carbocycles. The van der Waals surface area contributed by atoms with E-state index in [1.165, 1.54) is 0 Å². The zero-order valence-corrected chi connectivity index (χ0v) is 11.8. The molecule has 0 bridgehead atoms.